The van der Waals surface area contributed by atoms with E-state index in [-0.39, 0.29) is 10.5 Å². The van der Waals surface area contributed by atoms with Gasteiger partial charge in [-0.15, -0.1) is 0 Å². The molecule has 2 N–H and O–H groups in total. The van der Waals surface area contributed by atoms with Crippen molar-refractivity contribution < 1.29 is 21.6 Å². The summed E-state index contributed by atoms with van der Waals surface area (Å²) >= 11 is 4.17. The average molecular weight is 310 g/mol. The number of benzene rings is 1. The van der Waals surface area contributed by atoms with Crippen molar-refractivity contribution in [2.45, 2.75) is 23.5 Å². The standard InChI is InChI=1S/C10H9F3N2O2S2/c11-10(12,13)9(15-6-18)5-7-2-1-3-8(4-7)19(14,16)17/h1-4,9H,5H2,(H2,14,16,17). The third-order valence-corrected chi connectivity index (χ3v) is 3.26. The topological polar surface area (TPSA) is 72.5 Å². The number of primary sulfonamides is 1. The summed E-state index contributed by atoms with van der Waals surface area (Å²) in [5.41, 5.74) is 0.142. The lowest BCUT2D eigenvalue weighted by Crippen LogP contribution is -2.29. The molecule has 0 saturated carbocycles. The third kappa shape index (κ3) is 4.71. The van der Waals surface area contributed by atoms with E-state index in [1.165, 1.54) is 18.2 Å². The molecule has 0 aliphatic carbocycles. The number of halogens is 3. The van der Waals surface area contributed by atoms with E-state index in [1.807, 2.05) is 0 Å². The minimum Gasteiger partial charge on any atom is -0.225 e. The highest BCUT2D eigenvalue weighted by molar-refractivity contribution is 7.89. The van der Waals surface area contributed by atoms with Gasteiger partial charge in [0.25, 0.3) is 0 Å². The molecule has 0 amide bonds. The van der Waals surface area contributed by atoms with Crippen molar-refractivity contribution in [2.75, 3.05) is 0 Å². The highest BCUT2D eigenvalue weighted by atomic mass is 32.2. The van der Waals surface area contributed by atoms with Crippen LogP contribution in [-0.2, 0) is 16.4 Å². The van der Waals surface area contributed by atoms with Crippen LogP contribution in [0, 0.1) is 0 Å². The summed E-state index contributed by atoms with van der Waals surface area (Å²) in [7, 11) is -3.96. The molecule has 9 heteroatoms. The fourth-order valence-electron chi connectivity index (χ4n) is 1.37. The number of alkyl halides is 3. The molecule has 0 radical (unpaired) electrons. The maximum atomic E-state index is 12.6. The zero-order valence-electron chi connectivity index (χ0n) is 9.39. The quantitative estimate of drug-likeness (QED) is 0.682. The van der Waals surface area contributed by atoms with Crippen molar-refractivity contribution in [3.63, 3.8) is 0 Å². The van der Waals surface area contributed by atoms with Crippen LogP contribution in [0.3, 0.4) is 0 Å². The molecule has 19 heavy (non-hydrogen) atoms. The van der Waals surface area contributed by atoms with Crippen LogP contribution in [0.25, 0.3) is 0 Å². The molecule has 1 aromatic carbocycles. The van der Waals surface area contributed by atoms with Crippen molar-refractivity contribution in [1.82, 2.24) is 0 Å². The van der Waals surface area contributed by atoms with Gasteiger partial charge in [-0.05, 0) is 29.9 Å². The Kier molecular flexibility index (Phi) is 4.81. The lowest BCUT2D eigenvalue weighted by molar-refractivity contribution is -0.146. The number of nitrogens with two attached hydrogens (primary N) is 1. The molecule has 1 rings (SSSR count). The van der Waals surface area contributed by atoms with Gasteiger partial charge in [-0.1, -0.05) is 12.1 Å². The predicted molar refractivity (Wildman–Crippen MR) is 66.4 cm³/mol. The van der Waals surface area contributed by atoms with Gasteiger partial charge in [0.2, 0.25) is 10.0 Å². The van der Waals surface area contributed by atoms with Crippen LogP contribution in [0.1, 0.15) is 5.56 Å². The Labute approximate surface area is 113 Å². The monoisotopic (exact) mass is 310 g/mol. The number of sulfonamides is 1. The van der Waals surface area contributed by atoms with Crippen molar-refractivity contribution >= 4 is 27.4 Å². The molecule has 0 aliphatic heterocycles. The molecule has 0 aromatic heterocycles. The van der Waals surface area contributed by atoms with Crippen molar-refractivity contribution in [1.29, 1.82) is 0 Å². The van der Waals surface area contributed by atoms with Crippen LogP contribution >= 0.6 is 12.2 Å². The zero-order chi connectivity index (χ0) is 14.7. The molecule has 4 nitrogen and oxygen atoms in total. The van der Waals surface area contributed by atoms with E-state index in [0.29, 0.717) is 0 Å². The Morgan fingerprint density at radius 1 is 1.42 bits per heavy atom. The summed E-state index contributed by atoms with van der Waals surface area (Å²) in [6.07, 6.45) is -5.11. The van der Waals surface area contributed by atoms with Crippen molar-refractivity contribution in [3.8, 4) is 0 Å². The van der Waals surface area contributed by atoms with Gasteiger partial charge in [-0.2, -0.15) is 13.2 Å². The fourth-order valence-corrected chi connectivity index (χ4v) is 2.08. The number of rotatable bonds is 4. The first kappa shape index (κ1) is 15.8. The summed E-state index contributed by atoms with van der Waals surface area (Å²) in [6.45, 7) is 0. The summed E-state index contributed by atoms with van der Waals surface area (Å²) in [6, 6.07) is 2.88. The summed E-state index contributed by atoms with van der Waals surface area (Å²) in [5, 5.41) is 6.58. The molecule has 1 unspecified atom stereocenters. The zero-order valence-corrected chi connectivity index (χ0v) is 11.0. The Hall–Kier alpha value is -1.28. The number of hydrogen-bond donors (Lipinski definition) is 1. The maximum Gasteiger partial charge on any atom is 0.411 e. The smallest absolute Gasteiger partial charge is 0.225 e. The van der Waals surface area contributed by atoms with E-state index < -0.39 is 28.7 Å². The van der Waals surface area contributed by atoms with Crippen LogP contribution in [0.5, 0.6) is 0 Å². The van der Waals surface area contributed by atoms with Crippen molar-refractivity contribution in [3.05, 3.63) is 29.8 Å². The van der Waals surface area contributed by atoms with Crippen LogP contribution in [-0.4, -0.2) is 25.8 Å². The first-order chi connectivity index (χ1) is 8.64. The molecule has 0 spiro atoms. The van der Waals surface area contributed by atoms with Gasteiger partial charge in [0, 0.05) is 6.42 Å². The van der Waals surface area contributed by atoms with E-state index >= 15 is 0 Å². The predicted octanol–water partition coefficient (Wildman–Crippen LogP) is 1.91. The molecular formula is C10H9F3N2O2S2. The van der Waals surface area contributed by atoms with Gasteiger partial charge in [0.1, 0.15) is 0 Å². The molecule has 0 aliphatic rings. The van der Waals surface area contributed by atoms with Crippen LogP contribution in [0.2, 0.25) is 0 Å². The van der Waals surface area contributed by atoms with Gasteiger partial charge in [-0.25, -0.2) is 18.5 Å². The maximum absolute atomic E-state index is 12.6. The molecular weight excluding hydrogens is 301 g/mol. The van der Waals surface area contributed by atoms with E-state index in [0.717, 1.165) is 6.07 Å². The molecule has 104 valence electrons. The van der Waals surface area contributed by atoms with Crippen LogP contribution < -0.4 is 5.14 Å². The number of nitrogens with zero attached hydrogens (tertiary/aromatic N) is 1. The minimum absolute atomic E-state index is 0.142. The van der Waals surface area contributed by atoms with E-state index in [4.69, 9.17) is 5.14 Å². The van der Waals surface area contributed by atoms with Gasteiger partial charge >= 0.3 is 6.18 Å². The second-order valence-corrected chi connectivity index (χ2v) is 5.42. The number of aliphatic imine (C=N–C) groups is 1. The summed E-state index contributed by atoms with van der Waals surface area (Å²) in [5.74, 6) is 0. The highest BCUT2D eigenvalue weighted by Crippen LogP contribution is 2.26. The highest BCUT2D eigenvalue weighted by Gasteiger charge is 2.39. The van der Waals surface area contributed by atoms with Gasteiger partial charge in [0.15, 0.2) is 6.04 Å². The first-order valence-corrected chi connectivity index (χ1v) is 6.85. The normalized spacial score (nSPS) is 13.7. The lowest BCUT2D eigenvalue weighted by Gasteiger charge is -2.15. The van der Waals surface area contributed by atoms with E-state index in [9.17, 15) is 21.6 Å². The molecule has 0 bridgehead atoms. The SMILES string of the molecule is NS(=O)(=O)c1cccc(CC(N=C=S)C(F)(F)F)c1. The Morgan fingerprint density at radius 2 is 2.05 bits per heavy atom. The number of isothiocyanates is 1. The lowest BCUT2D eigenvalue weighted by atomic mass is 10.1. The molecule has 1 atom stereocenters. The minimum atomic E-state index is -4.58. The van der Waals surface area contributed by atoms with E-state index in [1.54, 1.807) is 5.16 Å². The number of hydrogen-bond acceptors (Lipinski definition) is 4. The van der Waals surface area contributed by atoms with E-state index in [2.05, 4.69) is 17.2 Å². The Morgan fingerprint density at radius 3 is 2.53 bits per heavy atom. The van der Waals surface area contributed by atoms with Gasteiger partial charge in [0.05, 0.1) is 10.1 Å². The Balaban J connectivity index is 3.08. The molecule has 0 heterocycles. The fraction of sp³-hybridized carbons (Fsp3) is 0.300. The van der Waals surface area contributed by atoms with Gasteiger partial charge in [-0.3, -0.25) is 0 Å². The largest absolute Gasteiger partial charge is 0.411 e. The number of thiocarbonyl (C=S) groups is 1. The average Bonchev–Trinajstić information content (AvgIpc) is 2.26. The van der Waals surface area contributed by atoms with Crippen LogP contribution in [0.4, 0.5) is 13.2 Å². The first-order valence-electron chi connectivity index (χ1n) is 4.90. The third-order valence-electron chi connectivity index (χ3n) is 2.24. The van der Waals surface area contributed by atoms with Crippen molar-refractivity contribution in [2.24, 2.45) is 10.1 Å². The second kappa shape index (κ2) is 5.79. The Bertz CT molecular complexity index is 607. The molecule has 1 aromatic rings. The molecule has 0 saturated heterocycles. The van der Waals surface area contributed by atoms with Crippen LogP contribution in [0.15, 0.2) is 34.2 Å². The summed E-state index contributed by atoms with van der Waals surface area (Å²) in [4.78, 5) is 2.79. The summed E-state index contributed by atoms with van der Waals surface area (Å²) < 4.78 is 60.0. The van der Waals surface area contributed by atoms with Gasteiger partial charge < -0.3 is 0 Å². The second-order valence-electron chi connectivity index (χ2n) is 3.67. The molecule has 0 fully saturated rings.